The smallest absolute Gasteiger partial charge is 0.264 e. The van der Waals surface area contributed by atoms with Crippen LogP contribution in [0.4, 0.5) is 8.78 Å². The lowest BCUT2D eigenvalue weighted by Gasteiger charge is -2.17. The average molecular weight is 147 g/mol. The highest BCUT2D eigenvalue weighted by molar-refractivity contribution is 5.09. The molecule has 2 fully saturated rings. The van der Waals surface area contributed by atoms with E-state index in [-0.39, 0.29) is 18.5 Å². The number of alkyl halides is 2. The van der Waals surface area contributed by atoms with Gasteiger partial charge in [-0.1, -0.05) is 6.92 Å². The van der Waals surface area contributed by atoms with E-state index in [4.69, 9.17) is 0 Å². The molecule has 0 N–H and O–H groups in total. The molecule has 0 bridgehead atoms. The van der Waals surface area contributed by atoms with Crippen LogP contribution in [-0.4, -0.2) is 30.0 Å². The molecule has 0 aromatic heterocycles. The van der Waals surface area contributed by atoms with Gasteiger partial charge in [-0.05, 0) is 13.0 Å². The number of hydrogen-bond donors (Lipinski definition) is 0. The second-order valence-electron chi connectivity index (χ2n) is 3.23. The molecule has 0 aromatic carbocycles. The highest BCUT2D eigenvalue weighted by Crippen LogP contribution is 2.52. The first kappa shape index (κ1) is 6.53. The van der Waals surface area contributed by atoms with Crippen LogP contribution in [0.3, 0.4) is 0 Å². The third-order valence-electron chi connectivity index (χ3n) is 2.59. The summed E-state index contributed by atoms with van der Waals surface area (Å²) in [6.07, 6.45) is 0.723. The molecule has 1 aliphatic carbocycles. The van der Waals surface area contributed by atoms with Crippen molar-refractivity contribution in [2.45, 2.75) is 25.3 Å². The van der Waals surface area contributed by atoms with Gasteiger partial charge in [-0.15, -0.1) is 0 Å². The Morgan fingerprint density at radius 3 is 2.50 bits per heavy atom. The molecule has 0 radical (unpaired) electrons. The molecular formula is C7H11F2N. The Hall–Kier alpha value is -0.180. The summed E-state index contributed by atoms with van der Waals surface area (Å²) in [4.78, 5) is 1.88. The van der Waals surface area contributed by atoms with Crippen LogP contribution in [0.1, 0.15) is 13.3 Å². The molecule has 2 atom stereocenters. The van der Waals surface area contributed by atoms with Gasteiger partial charge in [0.15, 0.2) is 0 Å². The van der Waals surface area contributed by atoms with E-state index in [1.54, 1.807) is 0 Å². The molecule has 1 nitrogen and oxygen atoms in total. The average Bonchev–Trinajstić information content (AvgIpc) is 2.57. The van der Waals surface area contributed by atoms with E-state index in [2.05, 4.69) is 0 Å². The van der Waals surface area contributed by atoms with Gasteiger partial charge in [-0.25, -0.2) is 8.78 Å². The Kier molecular flexibility index (Phi) is 1.11. The van der Waals surface area contributed by atoms with Gasteiger partial charge >= 0.3 is 0 Å². The molecular weight excluding hydrogens is 136 g/mol. The largest absolute Gasteiger partial charge is 0.294 e. The standard InChI is InChI=1S/C7H11F2N/c1-2-10-4-7(8,9)5-3-6(5)10/h5-6H,2-4H2,1H3. The van der Waals surface area contributed by atoms with E-state index < -0.39 is 5.92 Å². The second kappa shape index (κ2) is 1.70. The van der Waals surface area contributed by atoms with Crippen molar-refractivity contribution in [1.82, 2.24) is 4.90 Å². The van der Waals surface area contributed by atoms with Gasteiger partial charge in [-0.3, -0.25) is 4.90 Å². The first-order chi connectivity index (χ1) is 4.65. The first-order valence-corrected chi connectivity index (χ1v) is 3.77. The molecule has 2 unspecified atom stereocenters. The van der Waals surface area contributed by atoms with Crippen LogP contribution in [0.25, 0.3) is 0 Å². The Morgan fingerprint density at radius 2 is 2.30 bits per heavy atom. The van der Waals surface area contributed by atoms with Gasteiger partial charge in [0.25, 0.3) is 5.92 Å². The Labute approximate surface area is 59.0 Å². The molecule has 3 heteroatoms. The highest BCUT2D eigenvalue weighted by atomic mass is 19.3. The molecule has 0 amide bonds. The number of likely N-dealkylation sites (tertiary alicyclic amines) is 1. The summed E-state index contributed by atoms with van der Waals surface area (Å²) in [6.45, 7) is 2.71. The number of hydrogen-bond acceptors (Lipinski definition) is 1. The van der Waals surface area contributed by atoms with Gasteiger partial charge in [0.2, 0.25) is 0 Å². The molecule has 0 spiro atoms. The van der Waals surface area contributed by atoms with Crippen molar-refractivity contribution in [2.75, 3.05) is 13.1 Å². The van der Waals surface area contributed by atoms with Gasteiger partial charge in [0.05, 0.1) is 6.54 Å². The minimum absolute atomic E-state index is 0.00116. The van der Waals surface area contributed by atoms with Crippen LogP contribution in [0.5, 0.6) is 0 Å². The quantitative estimate of drug-likeness (QED) is 0.541. The topological polar surface area (TPSA) is 3.24 Å². The summed E-state index contributed by atoms with van der Waals surface area (Å²) in [6, 6.07) is 0.222. The van der Waals surface area contributed by atoms with E-state index in [0.717, 1.165) is 13.0 Å². The maximum absolute atomic E-state index is 12.8. The fraction of sp³-hybridized carbons (Fsp3) is 1.00. The maximum atomic E-state index is 12.8. The molecule has 1 saturated carbocycles. The normalized spacial score (nSPS) is 43.5. The summed E-state index contributed by atoms with van der Waals surface area (Å²) in [5.41, 5.74) is 0. The van der Waals surface area contributed by atoms with Crippen LogP contribution in [0.2, 0.25) is 0 Å². The number of nitrogens with zero attached hydrogens (tertiary/aromatic N) is 1. The molecule has 58 valence electrons. The number of piperidine rings is 1. The monoisotopic (exact) mass is 147 g/mol. The Bertz CT molecular complexity index is 158. The van der Waals surface area contributed by atoms with E-state index >= 15 is 0 Å². The van der Waals surface area contributed by atoms with Crippen molar-refractivity contribution >= 4 is 0 Å². The Balaban J connectivity index is 2.09. The van der Waals surface area contributed by atoms with E-state index in [1.165, 1.54) is 0 Å². The van der Waals surface area contributed by atoms with Crippen LogP contribution in [0.15, 0.2) is 0 Å². The van der Waals surface area contributed by atoms with Gasteiger partial charge in [0, 0.05) is 12.0 Å². The molecule has 2 rings (SSSR count). The fourth-order valence-corrected chi connectivity index (χ4v) is 1.89. The lowest BCUT2D eigenvalue weighted by molar-refractivity contribution is -0.0158. The molecule has 2 aliphatic rings. The highest BCUT2D eigenvalue weighted by Gasteiger charge is 2.63. The van der Waals surface area contributed by atoms with Crippen LogP contribution < -0.4 is 0 Å². The van der Waals surface area contributed by atoms with E-state index in [0.29, 0.717) is 0 Å². The van der Waals surface area contributed by atoms with Crippen LogP contribution >= 0.6 is 0 Å². The SMILES string of the molecule is CCN1CC(F)(F)C2CC21. The number of fused-ring (bicyclic) bond motifs is 1. The van der Waals surface area contributed by atoms with Crippen molar-refractivity contribution in [2.24, 2.45) is 5.92 Å². The number of rotatable bonds is 1. The zero-order valence-corrected chi connectivity index (χ0v) is 5.98. The van der Waals surface area contributed by atoms with E-state index in [1.807, 2.05) is 11.8 Å². The van der Waals surface area contributed by atoms with Crippen molar-refractivity contribution in [3.63, 3.8) is 0 Å². The molecule has 1 saturated heterocycles. The summed E-state index contributed by atoms with van der Waals surface area (Å²) in [5.74, 6) is -2.67. The minimum atomic E-state index is -2.37. The molecule has 1 aliphatic heterocycles. The van der Waals surface area contributed by atoms with Gasteiger partial charge < -0.3 is 0 Å². The molecule has 10 heavy (non-hydrogen) atoms. The summed E-state index contributed by atoms with van der Waals surface area (Å²) in [7, 11) is 0. The van der Waals surface area contributed by atoms with Crippen LogP contribution in [0, 0.1) is 5.92 Å². The summed E-state index contributed by atoms with van der Waals surface area (Å²) in [5, 5.41) is 0. The van der Waals surface area contributed by atoms with Crippen molar-refractivity contribution < 1.29 is 8.78 Å². The first-order valence-electron chi connectivity index (χ1n) is 3.77. The third kappa shape index (κ3) is 0.698. The lowest BCUT2D eigenvalue weighted by Crippen LogP contribution is -2.30. The second-order valence-corrected chi connectivity index (χ2v) is 3.23. The van der Waals surface area contributed by atoms with E-state index in [9.17, 15) is 8.78 Å². The van der Waals surface area contributed by atoms with Crippen molar-refractivity contribution in [3.05, 3.63) is 0 Å². The minimum Gasteiger partial charge on any atom is -0.294 e. The summed E-state index contributed by atoms with van der Waals surface area (Å²) >= 11 is 0. The van der Waals surface area contributed by atoms with Gasteiger partial charge in [0.1, 0.15) is 0 Å². The molecule has 1 heterocycles. The maximum Gasteiger partial charge on any atom is 0.264 e. The van der Waals surface area contributed by atoms with Crippen molar-refractivity contribution in [1.29, 1.82) is 0 Å². The third-order valence-corrected chi connectivity index (χ3v) is 2.59. The van der Waals surface area contributed by atoms with Crippen molar-refractivity contribution in [3.8, 4) is 0 Å². The zero-order chi connectivity index (χ0) is 7.35. The zero-order valence-electron chi connectivity index (χ0n) is 5.98. The predicted octanol–water partition coefficient (Wildman–Crippen LogP) is 1.35. The fourth-order valence-electron chi connectivity index (χ4n) is 1.89. The number of halogens is 2. The predicted molar refractivity (Wildman–Crippen MR) is 34.1 cm³/mol. The van der Waals surface area contributed by atoms with Crippen LogP contribution in [-0.2, 0) is 0 Å². The Morgan fingerprint density at radius 1 is 1.60 bits per heavy atom. The lowest BCUT2D eigenvalue weighted by atomic mass is 10.2. The van der Waals surface area contributed by atoms with Gasteiger partial charge in [-0.2, -0.15) is 0 Å². The summed E-state index contributed by atoms with van der Waals surface area (Å²) < 4.78 is 25.6. The molecule has 0 aromatic rings.